The van der Waals surface area contributed by atoms with Crippen molar-refractivity contribution in [3.05, 3.63) is 29.3 Å². The highest BCUT2D eigenvalue weighted by Gasteiger charge is 2.16. The lowest BCUT2D eigenvalue weighted by Gasteiger charge is -2.13. The minimum Gasteiger partial charge on any atom is -0.479 e. The van der Waals surface area contributed by atoms with Gasteiger partial charge in [-0.25, -0.2) is 4.79 Å². The van der Waals surface area contributed by atoms with Crippen molar-refractivity contribution < 1.29 is 19.1 Å². The summed E-state index contributed by atoms with van der Waals surface area (Å²) in [4.78, 5) is 21.7. The third kappa shape index (κ3) is 4.74. The molecule has 0 spiro atoms. The Kier molecular flexibility index (Phi) is 4.78. The van der Waals surface area contributed by atoms with Gasteiger partial charge in [0.25, 0.3) is 5.91 Å². The van der Waals surface area contributed by atoms with Crippen molar-refractivity contribution in [2.45, 2.75) is 13.0 Å². The van der Waals surface area contributed by atoms with E-state index in [9.17, 15) is 9.59 Å². The molecule has 1 atom stereocenters. The SMILES string of the molecule is C[C@H](Oc1ccc(Cl)cc1)C(=O)OCC(N)=O. The lowest BCUT2D eigenvalue weighted by atomic mass is 10.3. The second-order valence-corrected chi connectivity index (χ2v) is 3.72. The molecule has 17 heavy (non-hydrogen) atoms. The Balaban J connectivity index is 2.48. The van der Waals surface area contributed by atoms with Crippen molar-refractivity contribution in [2.75, 3.05) is 6.61 Å². The molecule has 1 amide bonds. The molecule has 0 radical (unpaired) electrons. The summed E-state index contributed by atoms with van der Waals surface area (Å²) >= 11 is 5.70. The number of hydrogen-bond acceptors (Lipinski definition) is 4. The van der Waals surface area contributed by atoms with Crippen LogP contribution in [-0.4, -0.2) is 24.6 Å². The van der Waals surface area contributed by atoms with E-state index in [0.29, 0.717) is 10.8 Å². The second kappa shape index (κ2) is 6.10. The Morgan fingerprint density at radius 1 is 1.35 bits per heavy atom. The fourth-order valence-corrected chi connectivity index (χ4v) is 1.15. The summed E-state index contributed by atoms with van der Waals surface area (Å²) in [6, 6.07) is 6.52. The molecular formula is C11H12ClNO4. The molecule has 1 aromatic rings. The van der Waals surface area contributed by atoms with Gasteiger partial charge in [0.15, 0.2) is 12.7 Å². The van der Waals surface area contributed by atoms with Gasteiger partial charge in [-0.15, -0.1) is 0 Å². The summed E-state index contributed by atoms with van der Waals surface area (Å²) in [5, 5.41) is 0.571. The first-order valence-corrected chi connectivity index (χ1v) is 5.24. The van der Waals surface area contributed by atoms with Crippen LogP contribution in [0.1, 0.15) is 6.92 Å². The van der Waals surface area contributed by atoms with Gasteiger partial charge in [-0.3, -0.25) is 4.79 Å². The zero-order chi connectivity index (χ0) is 12.8. The molecule has 0 aliphatic rings. The number of primary amides is 1. The van der Waals surface area contributed by atoms with Gasteiger partial charge in [-0.05, 0) is 31.2 Å². The van der Waals surface area contributed by atoms with Gasteiger partial charge >= 0.3 is 5.97 Å². The Bertz CT molecular complexity index is 404. The van der Waals surface area contributed by atoms with E-state index in [-0.39, 0.29) is 0 Å². The predicted octanol–water partition coefficient (Wildman–Crippen LogP) is 1.14. The Labute approximate surface area is 103 Å². The lowest BCUT2D eigenvalue weighted by molar-refractivity contribution is -0.154. The van der Waals surface area contributed by atoms with Gasteiger partial charge in [-0.1, -0.05) is 11.6 Å². The molecule has 0 bridgehead atoms. The van der Waals surface area contributed by atoms with Crippen LogP contribution >= 0.6 is 11.6 Å². The average molecular weight is 258 g/mol. The first kappa shape index (κ1) is 13.3. The molecule has 2 N–H and O–H groups in total. The van der Waals surface area contributed by atoms with Gasteiger partial charge in [0.05, 0.1) is 0 Å². The zero-order valence-corrected chi connectivity index (χ0v) is 9.94. The number of rotatable bonds is 5. The number of amides is 1. The van der Waals surface area contributed by atoms with E-state index < -0.39 is 24.6 Å². The summed E-state index contributed by atoms with van der Waals surface area (Å²) in [5.74, 6) is -0.881. The van der Waals surface area contributed by atoms with Crippen LogP contribution in [0.4, 0.5) is 0 Å². The summed E-state index contributed by atoms with van der Waals surface area (Å²) in [6.07, 6.45) is -0.824. The first-order valence-electron chi connectivity index (χ1n) is 4.86. The highest BCUT2D eigenvalue weighted by molar-refractivity contribution is 6.30. The van der Waals surface area contributed by atoms with Crippen molar-refractivity contribution in [3.8, 4) is 5.75 Å². The standard InChI is InChI=1S/C11H12ClNO4/c1-7(11(15)16-6-10(13)14)17-9-4-2-8(12)3-5-9/h2-5,7H,6H2,1H3,(H2,13,14)/t7-/m0/s1. The van der Waals surface area contributed by atoms with Gasteiger partial charge in [0.1, 0.15) is 5.75 Å². The van der Waals surface area contributed by atoms with Crippen LogP contribution in [-0.2, 0) is 14.3 Å². The minimum absolute atomic E-state index is 0.451. The van der Waals surface area contributed by atoms with Crippen LogP contribution in [0.2, 0.25) is 5.02 Å². The molecule has 0 heterocycles. The number of ether oxygens (including phenoxy) is 2. The van der Waals surface area contributed by atoms with Crippen molar-refractivity contribution in [2.24, 2.45) is 5.73 Å². The molecule has 0 saturated carbocycles. The number of carbonyl (C=O) groups is 2. The third-order valence-electron chi connectivity index (χ3n) is 1.82. The topological polar surface area (TPSA) is 78.6 Å². The maximum atomic E-state index is 11.3. The Morgan fingerprint density at radius 2 is 1.94 bits per heavy atom. The fourth-order valence-electron chi connectivity index (χ4n) is 1.03. The second-order valence-electron chi connectivity index (χ2n) is 3.29. The molecular weight excluding hydrogens is 246 g/mol. The summed E-state index contributed by atoms with van der Waals surface area (Å²) in [7, 11) is 0. The molecule has 5 nitrogen and oxygen atoms in total. The van der Waals surface area contributed by atoms with E-state index in [1.165, 1.54) is 6.92 Å². The van der Waals surface area contributed by atoms with Crippen LogP contribution in [0.3, 0.4) is 0 Å². The van der Waals surface area contributed by atoms with Gasteiger partial charge in [-0.2, -0.15) is 0 Å². The van der Waals surface area contributed by atoms with E-state index in [1.54, 1.807) is 24.3 Å². The molecule has 0 aromatic heterocycles. The molecule has 0 unspecified atom stereocenters. The Hall–Kier alpha value is -1.75. The number of hydrogen-bond donors (Lipinski definition) is 1. The number of carbonyl (C=O) groups excluding carboxylic acids is 2. The smallest absolute Gasteiger partial charge is 0.347 e. The Morgan fingerprint density at radius 3 is 2.47 bits per heavy atom. The van der Waals surface area contributed by atoms with E-state index in [1.807, 2.05) is 0 Å². The highest BCUT2D eigenvalue weighted by atomic mass is 35.5. The molecule has 0 aliphatic carbocycles. The maximum absolute atomic E-state index is 11.3. The van der Waals surface area contributed by atoms with Crippen LogP contribution in [0, 0.1) is 0 Å². The van der Waals surface area contributed by atoms with Crippen LogP contribution < -0.4 is 10.5 Å². The predicted molar refractivity (Wildman–Crippen MR) is 61.7 cm³/mol. The number of benzene rings is 1. The molecule has 1 aromatic carbocycles. The third-order valence-corrected chi connectivity index (χ3v) is 2.07. The van der Waals surface area contributed by atoms with E-state index >= 15 is 0 Å². The van der Waals surface area contributed by atoms with Crippen molar-refractivity contribution in [1.29, 1.82) is 0 Å². The molecule has 1 rings (SSSR count). The zero-order valence-electron chi connectivity index (χ0n) is 9.18. The fraction of sp³-hybridized carbons (Fsp3) is 0.273. The largest absolute Gasteiger partial charge is 0.479 e. The molecule has 92 valence electrons. The van der Waals surface area contributed by atoms with Crippen LogP contribution in [0.25, 0.3) is 0 Å². The maximum Gasteiger partial charge on any atom is 0.347 e. The summed E-state index contributed by atoms with van der Waals surface area (Å²) < 4.78 is 9.87. The normalized spacial score (nSPS) is 11.6. The lowest BCUT2D eigenvalue weighted by Crippen LogP contribution is -2.29. The first-order chi connectivity index (χ1) is 7.99. The monoisotopic (exact) mass is 257 g/mol. The quantitative estimate of drug-likeness (QED) is 0.802. The molecule has 0 aliphatic heterocycles. The van der Waals surface area contributed by atoms with Crippen molar-refractivity contribution in [3.63, 3.8) is 0 Å². The van der Waals surface area contributed by atoms with E-state index in [4.69, 9.17) is 22.1 Å². The average Bonchev–Trinajstić information content (AvgIpc) is 2.28. The van der Waals surface area contributed by atoms with Gasteiger partial charge < -0.3 is 15.2 Å². The highest BCUT2D eigenvalue weighted by Crippen LogP contribution is 2.16. The molecule has 0 fully saturated rings. The summed E-state index contributed by atoms with van der Waals surface area (Å²) in [5.41, 5.74) is 4.84. The van der Waals surface area contributed by atoms with Gasteiger partial charge in [0, 0.05) is 5.02 Å². The number of halogens is 1. The van der Waals surface area contributed by atoms with E-state index in [0.717, 1.165) is 0 Å². The molecule has 0 saturated heterocycles. The van der Waals surface area contributed by atoms with Gasteiger partial charge in [0.2, 0.25) is 0 Å². The number of esters is 1. The van der Waals surface area contributed by atoms with Crippen molar-refractivity contribution in [1.82, 2.24) is 0 Å². The minimum atomic E-state index is -0.824. The van der Waals surface area contributed by atoms with Crippen molar-refractivity contribution >= 4 is 23.5 Å². The number of nitrogens with two attached hydrogens (primary N) is 1. The van der Waals surface area contributed by atoms with Crippen LogP contribution in [0.5, 0.6) is 5.75 Å². The van der Waals surface area contributed by atoms with Crippen LogP contribution in [0.15, 0.2) is 24.3 Å². The van der Waals surface area contributed by atoms with E-state index in [2.05, 4.69) is 4.74 Å². The summed E-state index contributed by atoms with van der Waals surface area (Å²) in [6.45, 7) is 1.06. The molecule has 6 heteroatoms.